The topological polar surface area (TPSA) is 98.0 Å². The summed E-state index contributed by atoms with van der Waals surface area (Å²) in [4.78, 5) is 23.7. The molecule has 1 amide bonds. The van der Waals surface area contributed by atoms with Gasteiger partial charge in [-0.25, -0.2) is 9.59 Å². The van der Waals surface area contributed by atoms with Crippen LogP contribution >= 0.6 is 0 Å². The molecule has 0 saturated carbocycles. The van der Waals surface area contributed by atoms with Crippen LogP contribution in [-0.2, 0) is 14.3 Å². The highest BCUT2D eigenvalue weighted by atomic mass is 16.6. The molecule has 7 nitrogen and oxygen atoms in total. The molecule has 0 aliphatic heterocycles. The van der Waals surface area contributed by atoms with Gasteiger partial charge in [0, 0.05) is 0 Å². The highest BCUT2D eigenvalue weighted by molar-refractivity contribution is 5.82. The fraction of sp³-hybridized carbons (Fsp3) is 0.571. The summed E-state index contributed by atoms with van der Waals surface area (Å²) in [5.41, 5.74) is -0.723. The van der Waals surface area contributed by atoms with Gasteiger partial charge in [0.05, 0.1) is 12.9 Å². The summed E-state index contributed by atoms with van der Waals surface area (Å²) in [6, 6.07) is 1.74. The van der Waals surface area contributed by atoms with Crippen LogP contribution in [-0.4, -0.2) is 35.4 Å². The third-order valence-electron chi connectivity index (χ3n) is 2.36. The summed E-state index contributed by atoms with van der Waals surface area (Å²) in [6.07, 6.45) is -0.841. The number of ether oxygens (including phenoxy) is 2. The van der Waals surface area contributed by atoms with Gasteiger partial charge >= 0.3 is 12.1 Å². The molecule has 2 N–H and O–H groups in total. The van der Waals surface area contributed by atoms with E-state index in [9.17, 15) is 14.7 Å². The summed E-state index contributed by atoms with van der Waals surface area (Å²) in [5, 5.41) is 12.4. The highest BCUT2D eigenvalue weighted by Gasteiger charge is 2.34. The first-order valence-corrected chi connectivity index (χ1v) is 6.62. The smallest absolute Gasteiger partial charge is 0.408 e. The molecule has 0 unspecified atom stereocenters. The number of aliphatic hydroxyl groups excluding tert-OH is 1. The van der Waals surface area contributed by atoms with Gasteiger partial charge in [-0.1, -0.05) is 0 Å². The van der Waals surface area contributed by atoms with Crippen LogP contribution in [0.5, 0.6) is 0 Å². The summed E-state index contributed by atoms with van der Waals surface area (Å²) in [6.45, 7) is 6.82. The van der Waals surface area contributed by atoms with E-state index in [0.717, 1.165) is 0 Å². The second-order valence-corrected chi connectivity index (χ2v) is 5.34. The lowest BCUT2D eigenvalue weighted by Crippen LogP contribution is -2.47. The van der Waals surface area contributed by atoms with Crippen LogP contribution in [0.4, 0.5) is 4.79 Å². The fourth-order valence-corrected chi connectivity index (χ4v) is 1.56. The first-order valence-electron chi connectivity index (χ1n) is 6.62. The van der Waals surface area contributed by atoms with Crippen molar-refractivity contribution in [3.8, 4) is 0 Å². The van der Waals surface area contributed by atoms with Gasteiger partial charge < -0.3 is 24.3 Å². The minimum absolute atomic E-state index is 0.121. The lowest BCUT2D eigenvalue weighted by atomic mass is 10.1. The van der Waals surface area contributed by atoms with Crippen molar-refractivity contribution < 1.29 is 28.6 Å². The van der Waals surface area contributed by atoms with Crippen LogP contribution in [0.2, 0.25) is 0 Å². The van der Waals surface area contributed by atoms with Crippen molar-refractivity contribution in [2.24, 2.45) is 0 Å². The predicted octanol–water partition coefficient (Wildman–Crippen LogP) is 1.77. The molecule has 0 radical (unpaired) electrons. The summed E-state index contributed by atoms with van der Waals surface area (Å²) in [5.74, 6) is -0.628. The van der Waals surface area contributed by atoms with E-state index in [-0.39, 0.29) is 12.4 Å². The number of carbonyl (C=O) groups is 2. The molecule has 21 heavy (non-hydrogen) atoms. The number of alkyl carbamates (subject to hydrolysis) is 1. The molecule has 2 atom stereocenters. The Morgan fingerprint density at radius 3 is 2.57 bits per heavy atom. The second-order valence-electron chi connectivity index (χ2n) is 5.34. The van der Waals surface area contributed by atoms with Crippen LogP contribution in [0, 0.1) is 0 Å². The predicted molar refractivity (Wildman–Crippen MR) is 73.5 cm³/mol. The van der Waals surface area contributed by atoms with Crippen LogP contribution in [0.1, 0.15) is 39.6 Å². The number of aliphatic hydroxyl groups is 1. The lowest BCUT2D eigenvalue weighted by Gasteiger charge is -2.24. The van der Waals surface area contributed by atoms with Gasteiger partial charge in [0.2, 0.25) is 0 Å². The SMILES string of the molecule is CCOC(=O)[C@H](NC(=O)OC(C)(C)C)[C@H](O)c1ccco1. The quantitative estimate of drug-likeness (QED) is 0.804. The molecule has 1 rings (SSSR count). The number of nitrogens with one attached hydrogen (secondary N) is 1. The van der Waals surface area contributed by atoms with Crippen molar-refractivity contribution in [3.63, 3.8) is 0 Å². The number of carbonyl (C=O) groups excluding carboxylic acids is 2. The molecule has 0 saturated heterocycles. The Bertz CT molecular complexity index is 462. The molecule has 118 valence electrons. The molecular formula is C14H21NO6. The average Bonchev–Trinajstić information content (AvgIpc) is 2.87. The molecular weight excluding hydrogens is 278 g/mol. The molecule has 1 aromatic heterocycles. The molecule has 1 heterocycles. The lowest BCUT2D eigenvalue weighted by molar-refractivity contribution is -0.149. The van der Waals surface area contributed by atoms with Crippen molar-refractivity contribution in [1.29, 1.82) is 0 Å². The van der Waals surface area contributed by atoms with E-state index in [0.29, 0.717) is 0 Å². The Labute approximate surface area is 123 Å². The van der Waals surface area contributed by atoms with E-state index in [1.54, 1.807) is 33.8 Å². The van der Waals surface area contributed by atoms with Crippen LogP contribution in [0.25, 0.3) is 0 Å². The van der Waals surface area contributed by atoms with E-state index >= 15 is 0 Å². The molecule has 0 aromatic carbocycles. The van der Waals surface area contributed by atoms with Crippen LogP contribution in [0.15, 0.2) is 22.8 Å². The van der Waals surface area contributed by atoms with Gasteiger partial charge in [0.1, 0.15) is 17.5 Å². The summed E-state index contributed by atoms with van der Waals surface area (Å²) >= 11 is 0. The first-order chi connectivity index (χ1) is 9.74. The molecule has 0 aliphatic carbocycles. The Morgan fingerprint density at radius 2 is 2.10 bits per heavy atom. The van der Waals surface area contributed by atoms with Gasteiger partial charge in [0.25, 0.3) is 0 Å². The Balaban J connectivity index is 2.82. The van der Waals surface area contributed by atoms with Crippen LogP contribution in [0.3, 0.4) is 0 Å². The minimum Gasteiger partial charge on any atom is -0.466 e. The normalized spacial score (nSPS) is 14.1. The number of furan rings is 1. The molecule has 1 aromatic rings. The highest BCUT2D eigenvalue weighted by Crippen LogP contribution is 2.19. The third kappa shape index (κ3) is 5.47. The molecule has 0 fully saturated rings. The number of esters is 1. The van der Waals surface area contributed by atoms with E-state index in [1.165, 1.54) is 12.3 Å². The molecule has 0 aliphatic rings. The number of hydrogen-bond donors (Lipinski definition) is 2. The summed E-state index contributed by atoms with van der Waals surface area (Å²) in [7, 11) is 0. The van der Waals surface area contributed by atoms with Crippen molar-refractivity contribution in [2.45, 2.75) is 45.4 Å². The largest absolute Gasteiger partial charge is 0.466 e. The number of amides is 1. The first kappa shape index (κ1) is 17.0. The van der Waals surface area contributed by atoms with Crippen molar-refractivity contribution in [3.05, 3.63) is 24.2 Å². The Morgan fingerprint density at radius 1 is 1.43 bits per heavy atom. The zero-order chi connectivity index (χ0) is 16.0. The van der Waals surface area contributed by atoms with E-state index < -0.39 is 29.8 Å². The van der Waals surface area contributed by atoms with Gasteiger partial charge in [0.15, 0.2) is 6.04 Å². The van der Waals surface area contributed by atoms with Gasteiger partial charge in [-0.15, -0.1) is 0 Å². The summed E-state index contributed by atoms with van der Waals surface area (Å²) < 4.78 is 14.9. The molecule has 7 heteroatoms. The van der Waals surface area contributed by atoms with Gasteiger partial charge in [-0.2, -0.15) is 0 Å². The second kappa shape index (κ2) is 7.12. The maximum Gasteiger partial charge on any atom is 0.408 e. The number of hydrogen-bond acceptors (Lipinski definition) is 6. The van der Waals surface area contributed by atoms with E-state index in [1.807, 2.05) is 0 Å². The van der Waals surface area contributed by atoms with E-state index in [4.69, 9.17) is 13.9 Å². The van der Waals surface area contributed by atoms with Crippen molar-refractivity contribution >= 4 is 12.1 Å². The van der Waals surface area contributed by atoms with E-state index in [2.05, 4.69) is 5.32 Å². The standard InChI is InChI=1S/C14H21NO6/c1-5-19-12(17)10(11(16)9-7-6-8-20-9)15-13(18)21-14(2,3)4/h6-8,10-11,16H,5H2,1-4H3,(H,15,18)/t10-,11-/m1/s1. The minimum atomic E-state index is -1.37. The fourth-order valence-electron chi connectivity index (χ4n) is 1.56. The Kier molecular flexibility index (Phi) is 5.78. The Hall–Kier alpha value is -2.02. The van der Waals surface area contributed by atoms with Gasteiger partial charge in [-0.05, 0) is 39.8 Å². The monoisotopic (exact) mass is 299 g/mol. The maximum absolute atomic E-state index is 11.9. The third-order valence-corrected chi connectivity index (χ3v) is 2.36. The maximum atomic E-state index is 11.9. The van der Waals surface area contributed by atoms with Crippen LogP contribution < -0.4 is 5.32 Å². The van der Waals surface area contributed by atoms with Crippen molar-refractivity contribution in [1.82, 2.24) is 5.32 Å². The molecule has 0 bridgehead atoms. The van der Waals surface area contributed by atoms with Crippen molar-refractivity contribution in [2.75, 3.05) is 6.61 Å². The zero-order valence-electron chi connectivity index (χ0n) is 12.6. The zero-order valence-corrected chi connectivity index (χ0v) is 12.6. The molecule has 0 spiro atoms. The average molecular weight is 299 g/mol. The number of rotatable bonds is 5. The van der Waals surface area contributed by atoms with Gasteiger partial charge in [-0.3, -0.25) is 0 Å².